The molecule has 0 aliphatic carbocycles. The molecule has 7 rings (SSSR count). The maximum atomic E-state index is 14.6. The maximum absolute atomic E-state index is 14.6. The van der Waals surface area contributed by atoms with E-state index >= 15 is 0 Å². The number of hydrogen-bond donors (Lipinski definition) is 2. The predicted molar refractivity (Wildman–Crippen MR) is 222 cm³/mol. The summed E-state index contributed by atoms with van der Waals surface area (Å²) in [6.45, 7) is 4.02. The van der Waals surface area contributed by atoms with Crippen molar-refractivity contribution in [3.63, 3.8) is 0 Å². The Balaban J connectivity index is 1.18. The third-order valence-corrected chi connectivity index (χ3v) is 14.6. The number of likely N-dealkylation sites (N-methyl/N-ethyl adjacent to an activating group) is 1. The fraction of sp³-hybridized carbons (Fsp3) is 0.300. The highest BCUT2D eigenvalue weighted by Crippen LogP contribution is 2.52. The molecule has 58 heavy (non-hydrogen) atoms. The molecule has 4 aromatic rings. The molecule has 2 N–H and O–H groups in total. The molecule has 0 spiro atoms. The second-order valence-corrected chi connectivity index (χ2v) is 17.9. The van der Waals surface area contributed by atoms with Gasteiger partial charge >= 0.3 is 23.8 Å². The summed E-state index contributed by atoms with van der Waals surface area (Å²) in [6, 6.07) is 24.8. The SMILES string of the molecule is CCN1CCN(C(=O)NC(C(=O)N[C@]2(SC)C(=O)N3C(C(=O)OC(c4ccccc4)c4ccccc4)=C(CSc4nnc(C)s4)CS[C@@H]32)c2ccccc2)C(=O)C1=O. The maximum Gasteiger partial charge on any atom is 0.356 e. The van der Waals surface area contributed by atoms with E-state index in [1.165, 1.54) is 44.7 Å². The number of urea groups is 1. The third-order valence-electron chi connectivity index (χ3n) is 9.84. The quantitative estimate of drug-likeness (QED) is 0.0623. The number of aromatic nitrogens is 2. The number of thioether (sulfide) groups is 3. The lowest BCUT2D eigenvalue weighted by atomic mass is 9.99. The molecule has 4 heterocycles. The fourth-order valence-corrected chi connectivity index (χ4v) is 11.4. The van der Waals surface area contributed by atoms with E-state index in [0.29, 0.717) is 33.5 Å². The lowest BCUT2D eigenvalue weighted by Crippen LogP contribution is -2.78. The Morgan fingerprint density at radius 3 is 2.09 bits per heavy atom. The van der Waals surface area contributed by atoms with Gasteiger partial charge in [-0.2, -0.15) is 0 Å². The summed E-state index contributed by atoms with van der Waals surface area (Å²) in [6.07, 6.45) is 0.911. The molecule has 2 fully saturated rings. The number of esters is 1. The van der Waals surface area contributed by atoms with Crippen LogP contribution in [0.25, 0.3) is 0 Å². The van der Waals surface area contributed by atoms with E-state index in [1.807, 2.05) is 67.6 Å². The smallest absolute Gasteiger partial charge is 0.356 e. The van der Waals surface area contributed by atoms with Crippen LogP contribution in [-0.2, 0) is 28.7 Å². The number of imide groups is 1. The molecule has 1 unspecified atom stereocenters. The number of benzene rings is 3. The monoisotopic (exact) mass is 857 g/mol. The van der Waals surface area contributed by atoms with Crippen LogP contribution >= 0.6 is 46.6 Å². The van der Waals surface area contributed by atoms with Crippen LogP contribution in [0.1, 0.15) is 40.8 Å². The number of nitrogens with zero attached hydrogens (tertiary/aromatic N) is 5. The average Bonchev–Trinajstić information content (AvgIpc) is 3.68. The number of carbonyl (C=O) groups is 6. The summed E-state index contributed by atoms with van der Waals surface area (Å²) in [7, 11) is 0. The topological polar surface area (TPSA) is 171 Å². The number of rotatable bonds is 13. The van der Waals surface area contributed by atoms with Gasteiger partial charge in [0.2, 0.25) is 5.91 Å². The zero-order chi connectivity index (χ0) is 41.0. The van der Waals surface area contributed by atoms with E-state index in [0.717, 1.165) is 32.8 Å². The third kappa shape index (κ3) is 8.10. The molecule has 1 aromatic heterocycles. The lowest BCUT2D eigenvalue weighted by Gasteiger charge is -2.56. The molecule has 18 heteroatoms. The van der Waals surface area contributed by atoms with E-state index in [-0.39, 0.29) is 18.8 Å². The highest BCUT2D eigenvalue weighted by atomic mass is 32.2. The molecule has 6 amide bonds. The highest BCUT2D eigenvalue weighted by Gasteiger charge is 2.66. The Hall–Kier alpha value is -5.17. The van der Waals surface area contributed by atoms with Crippen molar-refractivity contribution in [1.29, 1.82) is 0 Å². The average molecular weight is 858 g/mol. The fourth-order valence-electron chi connectivity index (χ4n) is 6.85. The number of hydrogen-bond acceptors (Lipinski definition) is 13. The number of piperazine rings is 1. The largest absolute Gasteiger partial charge is 0.448 e. The van der Waals surface area contributed by atoms with Crippen LogP contribution in [0.3, 0.4) is 0 Å². The summed E-state index contributed by atoms with van der Waals surface area (Å²) in [4.78, 5) is 84.6. The van der Waals surface area contributed by atoms with Crippen molar-refractivity contribution in [2.75, 3.05) is 37.4 Å². The van der Waals surface area contributed by atoms with Gasteiger partial charge in [-0.1, -0.05) is 114 Å². The summed E-state index contributed by atoms with van der Waals surface area (Å²) in [5, 5.41) is 13.9. The van der Waals surface area contributed by atoms with Gasteiger partial charge in [-0.15, -0.1) is 33.7 Å². The van der Waals surface area contributed by atoms with Gasteiger partial charge in [0.05, 0.1) is 0 Å². The number of nitrogens with one attached hydrogen (secondary N) is 2. The van der Waals surface area contributed by atoms with Gasteiger partial charge in [-0.3, -0.25) is 29.0 Å². The van der Waals surface area contributed by atoms with Crippen molar-refractivity contribution in [2.45, 2.75) is 40.6 Å². The Morgan fingerprint density at radius 1 is 0.897 bits per heavy atom. The first-order valence-electron chi connectivity index (χ1n) is 18.3. The minimum atomic E-state index is -1.54. The van der Waals surface area contributed by atoms with Gasteiger partial charge in [-0.25, -0.2) is 9.59 Å². The summed E-state index contributed by atoms with van der Waals surface area (Å²) in [5.41, 5.74) is 2.64. The summed E-state index contributed by atoms with van der Waals surface area (Å²) >= 11 is 5.34. The molecule has 2 saturated heterocycles. The van der Waals surface area contributed by atoms with Gasteiger partial charge in [0.1, 0.15) is 22.1 Å². The standard InChI is InChI=1S/C40H39N7O7S4/c1-4-45-20-21-46(34(50)33(45)49)38(53)41-29(25-14-8-5-9-15-25)32(48)42-40(55-3)36(52)47-30(28(22-56-37(40)47)23-57-39-44-43-24(2)58-39)35(51)54-31(26-16-10-6-11-17-26)27-18-12-7-13-19-27/h5-19,29,31,37H,4,20-23H2,1-3H3,(H,41,53)(H,42,48)/t29?,37-,40+/m1/s1. The molecule has 3 aliphatic heterocycles. The van der Waals surface area contributed by atoms with Gasteiger partial charge in [0.25, 0.3) is 5.91 Å². The number of ether oxygens (including phenoxy) is 1. The molecule has 14 nitrogen and oxygen atoms in total. The van der Waals surface area contributed by atoms with Crippen molar-refractivity contribution in [3.05, 3.63) is 124 Å². The lowest BCUT2D eigenvalue weighted by molar-refractivity contribution is -0.156. The Bertz CT molecular complexity index is 2210. The van der Waals surface area contributed by atoms with Crippen molar-refractivity contribution >= 4 is 82.3 Å². The molecule has 3 aliphatic rings. The first-order valence-corrected chi connectivity index (χ1v) is 22.4. The first kappa shape index (κ1) is 41.0. The van der Waals surface area contributed by atoms with E-state index in [9.17, 15) is 28.8 Å². The molecule has 0 saturated carbocycles. The minimum absolute atomic E-state index is 0.0474. The Morgan fingerprint density at radius 2 is 1.52 bits per heavy atom. The molecular weight excluding hydrogens is 819 g/mol. The van der Waals surface area contributed by atoms with Crippen molar-refractivity contribution in [2.24, 2.45) is 0 Å². The van der Waals surface area contributed by atoms with Crippen molar-refractivity contribution in [3.8, 4) is 0 Å². The van der Waals surface area contributed by atoms with E-state index in [2.05, 4.69) is 20.8 Å². The highest BCUT2D eigenvalue weighted by molar-refractivity contribution is 8.05. The number of fused-ring (bicyclic) bond motifs is 1. The summed E-state index contributed by atoms with van der Waals surface area (Å²) < 4.78 is 7.04. The molecule has 3 atom stereocenters. The second kappa shape index (κ2) is 17.8. The van der Waals surface area contributed by atoms with Gasteiger partial charge < -0.3 is 20.3 Å². The van der Waals surface area contributed by atoms with E-state index in [1.54, 1.807) is 43.5 Å². The molecular formula is C40H39N7O7S4. The number of aryl methyl sites for hydroxylation is 1. The normalized spacial score (nSPS) is 19.8. The van der Waals surface area contributed by atoms with Crippen LogP contribution in [0, 0.1) is 6.92 Å². The van der Waals surface area contributed by atoms with E-state index < -0.39 is 58.0 Å². The van der Waals surface area contributed by atoms with Crippen molar-refractivity contribution < 1.29 is 33.5 Å². The summed E-state index contributed by atoms with van der Waals surface area (Å²) in [5.74, 6) is -3.10. The number of carbonyl (C=O) groups excluding carboxylic acids is 6. The van der Waals surface area contributed by atoms with Crippen LogP contribution in [0.2, 0.25) is 0 Å². The first-order chi connectivity index (χ1) is 28.1. The van der Waals surface area contributed by atoms with Crippen LogP contribution in [0.15, 0.2) is 107 Å². The Labute approximate surface area is 351 Å². The number of β-lactam (4-membered cyclic amide) rings is 1. The van der Waals surface area contributed by atoms with Gasteiger partial charge in [0, 0.05) is 31.1 Å². The van der Waals surface area contributed by atoms with Gasteiger partial charge in [0.15, 0.2) is 15.3 Å². The van der Waals surface area contributed by atoms with E-state index in [4.69, 9.17) is 4.74 Å². The molecule has 300 valence electrons. The van der Waals surface area contributed by atoms with Gasteiger partial charge in [-0.05, 0) is 42.4 Å². The van der Waals surface area contributed by atoms with Crippen LogP contribution < -0.4 is 10.6 Å². The minimum Gasteiger partial charge on any atom is -0.448 e. The van der Waals surface area contributed by atoms with Crippen LogP contribution in [0.5, 0.6) is 0 Å². The zero-order valence-electron chi connectivity index (χ0n) is 31.7. The Kier molecular flexibility index (Phi) is 12.6. The molecule has 0 bridgehead atoms. The van der Waals surface area contributed by atoms with Crippen LogP contribution in [0.4, 0.5) is 4.79 Å². The van der Waals surface area contributed by atoms with Crippen molar-refractivity contribution in [1.82, 2.24) is 35.5 Å². The molecule has 3 aromatic carbocycles. The predicted octanol–water partition coefficient (Wildman–Crippen LogP) is 4.76. The molecule has 0 radical (unpaired) electrons. The number of amides is 6. The zero-order valence-corrected chi connectivity index (χ0v) is 34.9. The van der Waals surface area contributed by atoms with Crippen LogP contribution in [-0.4, -0.2) is 108 Å². The second-order valence-electron chi connectivity index (χ2n) is 13.3.